The molecule has 0 bridgehead atoms. The van der Waals surface area contributed by atoms with Crippen LogP contribution in [-0.4, -0.2) is 27.1 Å². The maximum atomic E-state index is 11.5. The molecule has 2 amide bonds. The summed E-state index contributed by atoms with van der Waals surface area (Å²) in [5.41, 5.74) is 0. The number of carbonyl (C=O) groups excluding carboxylic acids is 1. The molecule has 0 saturated heterocycles. The Morgan fingerprint density at radius 2 is 2.44 bits per heavy atom. The van der Waals surface area contributed by atoms with Crippen molar-refractivity contribution in [3.63, 3.8) is 0 Å². The molecular formula is C11H15N5OS. The van der Waals surface area contributed by atoms with Crippen molar-refractivity contribution in [1.29, 1.82) is 0 Å². The van der Waals surface area contributed by atoms with Gasteiger partial charge in [0.25, 0.3) is 0 Å². The Bertz CT molecular complexity index is 493. The number of amides is 2. The van der Waals surface area contributed by atoms with Crippen molar-refractivity contribution in [2.75, 3.05) is 11.9 Å². The van der Waals surface area contributed by atoms with Crippen LogP contribution in [0.2, 0.25) is 0 Å². The normalized spacial score (nSPS) is 10.3. The number of aromatic nitrogens is 3. The number of thiazole rings is 1. The van der Waals surface area contributed by atoms with Gasteiger partial charge >= 0.3 is 6.03 Å². The summed E-state index contributed by atoms with van der Waals surface area (Å²) in [5.74, 6) is 0. The van der Waals surface area contributed by atoms with Gasteiger partial charge < -0.3 is 9.88 Å². The summed E-state index contributed by atoms with van der Waals surface area (Å²) in [7, 11) is 0. The first-order valence-electron chi connectivity index (χ1n) is 5.67. The molecule has 0 aliphatic carbocycles. The van der Waals surface area contributed by atoms with Crippen LogP contribution in [0.1, 0.15) is 11.3 Å². The number of nitrogens with zero attached hydrogens (tertiary/aromatic N) is 3. The van der Waals surface area contributed by atoms with Crippen molar-refractivity contribution in [2.24, 2.45) is 0 Å². The average molecular weight is 265 g/mol. The summed E-state index contributed by atoms with van der Waals surface area (Å²) >= 11 is 1.46. The standard InChI is InChI=1S/C11H15N5OS/c1-9-7-14-11(18-9)15-10(17)13-3-2-5-16-6-4-12-8-16/h4,6-8H,2-3,5H2,1H3,(H2,13,14,15,17). The van der Waals surface area contributed by atoms with Gasteiger partial charge in [-0.25, -0.2) is 14.8 Å². The second-order valence-corrected chi connectivity index (χ2v) is 5.05. The molecule has 2 heterocycles. The van der Waals surface area contributed by atoms with Gasteiger partial charge in [-0.05, 0) is 13.3 Å². The molecule has 0 unspecified atom stereocenters. The average Bonchev–Trinajstić information content (AvgIpc) is 2.96. The van der Waals surface area contributed by atoms with Crippen LogP contribution in [0.3, 0.4) is 0 Å². The largest absolute Gasteiger partial charge is 0.338 e. The number of imidazole rings is 1. The summed E-state index contributed by atoms with van der Waals surface area (Å²) in [6.45, 7) is 3.41. The Hall–Kier alpha value is -1.89. The van der Waals surface area contributed by atoms with Crippen LogP contribution < -0.4 is 10.6 Å². The van der Waals surface area contributed by atoms with Gasteiger partial charge in [-0.15, -0.1) is 11.3 Å². The maximum absolute atomic E-state index is 11.5. The summed E-state index contributed by atoms with van der Waals surface area (Å²) < 4.78 is 1.98. The molecular weight excluding hydrogens is 250 g/mol. The number of rotatable bonds is 5. The van der Waals surface area contributed by atoms with E-state index in [1.165, 1.54) is 11.3 Å². The van der Waals surface area contributed by atoms with E-state index in [0.717, 1.165) is 17.8 Å². The monoisotopic (exact) mass is 265 g/mol. The molecule has 2 aromatic rings. The molecule has 0 aliphatic heterocycles. The molecule has 7 heteroatoms. The van der Waals surface area contributed by atoms with Crippen molar-refractivity contribution in [3.05, 3.63) is 29.8 Å². The number of carbonyl (C=O) groups is 1. The van der Waals surface area contributed by atoms with Crippen LogP contribution >= 0.6 is 11.3 Å². The first-order chi connectivity index (χ1) is 8.74. The molecule has 0 fully saturated rings. The van der Waals surface area contributed by atoms with Crippen LogP contribution in [0.5, 0.6) is 0 Å². The number of hydrogen-bond donors (Lipinski definition) is 2. The van der Waals surface area contributed by atoms with Crippen molar-refractivity contribution >= 4 is 22.5 Å². The highest BCUT2D eigenvalue weighted by Crippen LogP contribution is 2.15. The number of nitrogens with one attached hydrogen (secondary N) is 2. The van der Waals surface area contributed by atoms with Crippen LogP contribution in [-0.2, 0) is 6.54 Å². The van der Waals surface area contributed by atoms with E-state index in [2.05, 4.69) is 20.6 Å². The fourth-order valence-electron chi connectivity index (χ4n) is 1.44. The third-order valence-corrected chi connectivity index (χ3v) is 3.11. The van der Waals surface area contributed by atoms with Crippen LogP contribution in [0, 0.1) is 6.92 Å². The third kappa shape index (κ3) is 3.85. The fourth-order valence-corrected chi connectivity index (χ4v) is 2.10. The van der Waals surface area contributed by atoms with Gasteiger partial charge in [0.1, 0.15) is 0 Å². The minimum Gasteiger partial charge on any atom is -0.338 e. The summed E-state index contributed by atoms with van der Waals surface area (Å²) in [4.78, 5) is 20.6. The smallest absolute Gasteiger partial charge is 0.321 e. The number of urea groups is 1. The third-order valence-electron chi connectivity index (χ3n) is 2.28. The van der Waals surface area contributed by atoms with Crippen molar-refractivity contribution in [2.45, 2.75) is 19.9 Å². The number of hydrogen-bond acceptors (Lipinski definition) is 4. The Morgan fingerprint density at radius 1 is 1.56 bits per heavy atom. The molecule has 0 radical (unpaired) electrons. The zero-order chi connectivity index (χ0) is 12.8. The lowest BCUT2D eigenvalue weighted by atomic mass is 10.4. The molecule has 0 atom stereocenters. The Labute approximate surface area is 109 Å². The van der Waals surface area contributed by atoms with Crippen LogP contribution in [0.25, 0.3) is 0 Å². The van der Waals surface area contributed by atoms with Crippen LogP contribution in [0.4, 0.5) is 9.93 Å². The second-order valence-electron chi connectivity index (χ2n) is 3.81. The molecule has 2 aromatic heterocycles. The molecule has 18 heavy (non-hydrogen) atoms. The van der Waals surface area contributed by atoms with Crippen molar-refractivity contribution in [1.82, 2.24) is 19.9 Å². The van der Waals surface area contributed by atoms with Gasteiger partial charge in [-0.3, -0.25) is 5.32 Å². The van der Waals surface area contributed by atoms with Gasteiger partial charge in [-0.2, -0.15) is 0 Å². The minimum absolute atomic E-state index is 0.213. The molecule has 0 saturated carbocycles. The van der Waals surface area contributed by atoms with E-state index < -0.39 is 0 Å². The van der Waals surface area contributed by atoms with E-state index in [9.17, 15) is 4.79 Å². The van der Waals surface area contributed by atoms with E-state index in [-0.39, 0.29) is 6.03 Å². The molecule has 0 spiro atoms. The zero-order valence-electron chi connectivity index (χ0n) is 10.1. The molecule has 6 nitrogen and oxygen atoms in total. The predicted molar refractivity (Wildman–Crippen MR) is 70.7 cm³/mol. The lowest BCUT2D eigenvalue weighted by Gasteiger charge is -2.05. The highest BCUT2D eigenvalue weighted by Gasteiger charge is 2.03. The topological polar surface area (TPSA) is 71.8 Å². The Balaban J connectivity index is 1.63. The van der Waals surface area contributed by atoms with E-state index in [0.29, 0.717) is 11.7 Å². The Kier molecular flexibility index (Phi) is 4.30. The van der Waals surface area contributed by atoms with Crippen molar-refractivity contribution < 1.29 is 4.79 Å². The SMILES string of the molecule is Cc1cnc(NC(=O)NCCCn2ccnc2)s1. The molecule has 0 aliphatic rings. The van der Waals surface area contributed by atoms with E-state index in [1.54, 1.807) is 18.7 Å². The molecule has 2 rings (SSSR count). The summed E-state index contributed by atoms with van der Waals surface area (Å²) in [6.07, 6.45) is 8.00. The summed E-state index contributed by atoms with van der Waals surface area (Å²) in [6, 6.07) is -0.213. The highest BCUT2D eigenvalue weighted by atomic mass is 32.1. The minimum atomic E-state index is -0.213. The Morgan fingerprint density at radius 3 is 3.11 bits per heavy atom. The lowest BCUT2D eigenvalue weighted by Crippen LogP contribution is -2.29. The number of anilines is 1. The van der Waals surface area contributed by atoms with E-state index in [4.69, 9.17) is 0 Å². The second kappa shape index (κ2) is 6.15. The van der Waals surface area contributed by atoms with Gasteiger partial charge in [0.2, 0.25) is 0 Å². The number of aryl methyl sites for hydroxylation is 2. The van der Waals surface area contributed by atoms with Crippen LogP contribution in [0.15, 0.2) is 24.9 Å². The highest BCUT2D eigenvalue weighted by molar-refractivity contribution is 7.15. The fraction of sp³-hybridized carbons (Fsp3) is 0.364. The van der Waals surface area contributed by atoms with E-state index >= 15 is 0 Å². The van der Waals surface area contributed by atoms with Gasteiger partial charge in [-0.1, -0.05) is 0 Å². The first-order valence-corrected chi connectivity index (χ1v) is 6.49. The predicted octanol–water partition coefficient (Wildman–Crippen LogP) is 1.86. The zero-order valence-corrected chi connectivity index (χ0v) is 10.9. The molecule has 96 valence electrons. The van der Waals surface area contributed by atoms with Crippen molar-refractivity contribution in [3.8, 4) is 0 Å². The molecule has 0 aromatic carbocycles. The first kappa shape index (κ1) is 12.6. The maximum Gasteiger partial charge on any atom is 0.321 e. The van der Waals surface area contributed by atoms with Gasteiger partial charge in [0.05, 0.1) is 6.33 Å². The quantitative estimate of drug-likeness (QED) is 0.810. The van der Waals surface area contributed by atoms with Gasteiger partial charge in [0, 0.05) is 36.6 Å². The van der Waals surface area contributed by atoms with Gasteiger partial charge in [0.15, 0.2) is 5.13 Å². The molecule has 2 N–H and O–H groups in total. The lowest BCUT2D eigenvalue weighted by molar-refractivity contribution is 0.252. The van der Waals surface area contributed by atoms with E-state index in [1.807, 2.05) is 17.7 Å². The summed E-state index contributed by atoms with van der Waals surface area (Å²) in [5, 5.41) is 6.10.